The van der Waals surface area contributed by atoms with Gasteiger partial charge in [-0.15, -0.1) is 0 Å². The maximum atomic E-state index is 6.13. The van der Waals surface area contributed by atoms with Crippen molar-refractivity contribution in [3.05, 3.63) is 0 Å². The van der Waals surface area contributed by atoms with E-state index in [4.69, 9.17) is 10.5 Å². The Hall–Kier alpha value is -0.160. The third kappa shape index (κ3) is 2.50. The van der Waals surface area contributed by atoms with Gasteiger partial charge in [0.05, 0.1) is 12.1 Å². The zero-order valence-electron chi connectivity index (χ0n) is 11.5. The number of methoxy groups -OCH3 is 1. The molecule has 0 spiro atoms. The average molecular weight is 241 g/mol. The molecule has 1 saturated heterocycles. The van der Waals surface area contributed by atoms with Gasteiger partial charge in [0.1, 0.15) is 0 Å². The molecule has 0 bridgehead atoms. The number of nitrogens with two attached hydrogens (primary N) is 1. The lowest BCUT2D eigenvalue weighted by Gasteiger charge is -2.50. The van der Waals surface area contributed by atoms with E-state index in [1.54, 1.807) is 7.11 Å². The van der Waals surface area contributed by atoms with Crippen LogP contribution in [0.3, 0.4) is 0 Å². The molecule has 1 heterocycles. The minimum absolute atomic E-state index is 0.0927. The molecule has 2 atom stereocenters. The Balaban J connectivity index is 2.14. The minimum Gasteiger partial charge on any atom is -0.383 e. The predicted octanol–water partition coefficient (Wildman–Crippen LogP) is 0.376. The van der Waals surface area contributed by atoms with Crippen molar-refractivity contribution >= 4 is 0 Å². The zero-order valence-corrected chi connectivity index (χ0v) is 11.5. The summed E-state index contributed by atoms with van der Waals surface area (Å²) in [7, 11) is 4.00. The molecule has 2 N–H and O–H groups in total. The van der Waals surface area contributed by atoms with E-state index in [2.05, 4.69) is 23.8 Å². The van der Waals surface area contributed by atoms with Crippen molar-refractivity contribution in [3.8, 4) is 0 Å². The molecule has 100 valence electrons. The fraction of sp³-hybridized carbons (Fsp3) is 1.00. The van der Waals surface area contributed by atoms with Crippen molar-refractivity contribution in [2.75, 3.05) is 46.9 Å². The second kappa shape index (κ2) is 5.22. The van der Waals surface area contributed by atoms with Crippen LogP contribution in [0.5, 0.6) is 0 Å². The largest absolute Gasteiger partial charge is 0.383 e. The number of hydrogen-bond acceptors (Lipinski definition) is 4. The Morgan fingerprint density at radius 1 is 1.35 bits per heavy atom. The first-order valence-corrected chi connectivity index (χ1v) is 6.78. The van der Waals surface area contributed by atoms with Gasteiger partial charge < -0.3 is 15.4 Å². The third-order valence-corrected chi connectivity index (χ3v) is 4.49. The molecular formula is C13H27N3O. The Morgan fingerprint density at radius 3 is 2.53 bits per heavy atom. The molecule has 0 radical (unpaired) electrons. The lowest BCUT2D eigenvalue weighted by Crippen LogP contribution is -2.66. The van der Waals surface area contributed by atoms with Gasteiger partial charge in [0.2, 0.25) is 0 Å². The van der Waals surface area contributed by atoms with E-state index in [-0.39, 0.29) is 5.54 Å². The highest BCUT2D eigenvalue weighted by molar-refractivity contribution is 5.06. The van der Waals surface area contributed by atoms with Crippen molar-refractivity contribution in [1.82, 2.24) is 9.80 Å². The van der Waals surface area contributed by atoms with E-state index in [9.17, 15) is 0 Å². The van der Waals surface area contributed by atoms with Gasteiger partial charge in [-0.2, -0.15) is 0 Å². The molecule has 4 heteroatoms. The van der Waals surface area contributed by atoms with Crippen LogP contribution >= 0.6 is 0 Å². The van der Waals surface area contributed by atoms with E-state index < -0.39 is 0 Å². The number of hydrogen-bond donors (Lipinski definition) is 1. The van der Waals surface area contributed by atoms with Crippen molar-refractivity contribution in [3.63, 3.8) is 0 Å². The monoisotopic (exact) mass is 241 g/mol. The molecule has 1 aliphatic carbocycles. The van der Waals surface area contributed by atoms with Crippen LogP contribution in [0.15, 0.2) is 0 Å². The normalized spacial score (nSPS) is 31.4. The molecule has 0 amide bonds. The number of piperazine rings is 1. The second-order valence-electron chi connectivity index (χ2n) is 5.82. The summed E-state index contributed by atoms with van der Waals surface area (Å²) < 4.78 is 5.49. The lowest BCUT2D eigenvalue weighted by molar-refractivity contribution is -0.0502. The highest BCUT2D eigenvalue weighted by Gasteiger charge is 2.50. The molecule has 0 aromatic rings. The van der Waals surface area contributed by atoms with Crippen LogP contribution in [0.25, 0.3) is 0 Å². The highest BCUT2D eigenvalue weighted by Crippen LogP contribution is 2.44. The van der Waals surface area contributed by atoms with Crippen LogP contribution in [-0.4, -0.2) is 68.3 Å². The summed E-state index contributed by atoms with van der Waals surface area (Å²) in [5, 5.41) is 0. The third-order valence-electron chi connectivity index (χ3n) is 4.49. The first-order chi connectivity index (χ1) is 8.14. The molecular weight excluding hydrogens is 214 g/mol. The van der Waals surface area contributed by atoms with Crippen molar-refractivity contribution in [2.45, 2.75) is 31.3 Å². The van der Waals surface area contributed by atoms with E-state index in [0.29, 0.717) is 6.04 Å². The molecule has 2 aliphatic rings. The smallest absolute Gasteiger partial charge is 0.0661 e. The van der Waals surface area contributed by atoms with Crippen LogP contribution in [0, 0.1) is 5.92 Å². The summed E-state index contributed by atoms with van der Waals surface area (Å²) >= 11 is 0. The topological polar surface area (TPSA) is 41.7 Å². The number of likely N-dealkylation sites (N-methyl/N-ethyl adjacent to an activating group) is 1. The van der Waals surface area contributed by atoms with Gasteiger partial charge in [-0.25, -0.2) is 0 Å². The van der Waals surface area contributed by atoms with E-state index in [1.807, 2.05) is 0 Å². The summed E-state index contributed by atoms with van der Waals surface area (Å²) in [5.41, 5.74) is 6.22. The number of nitrogens with zero attached hydrogens (tertiary/aromatic N) is 2. The van der Waals surface area contributed by atoms with E-state index in [1.165, 1.54) is 12.8 Å². The fourth-order valence-corrected chi connectivity index (χ4v) is 3.45. The van der Waals surface area contributed by atoms with Gasteiger partial charge in [-0.05, 0) is 32.7 Å². The van der Waals surface area contributed by atoms with Crippen molar-refractivity contribution in [1.29, 1.82) is 0 Å². The first kappa shape index (κ1) is 13.3. The van der Waals surface area contributed by atoms with Gasteiger partial charge in [-0.3, -0.25) is 4.90 Å². The molecule has 4 nitrogen and oxygen atoms in total. The maximum absolute atomic E-state index is 6.13. The summed E-state index contributed by atoms with van der Waals surface area (Å²) in [6.45, 7) is 7.22. The molecule has 2 unspecified atom stereocenters. The van der Waals surface area contributed by atoms with Crippen molar-refractivity contribution in [2.24, 2.45) is 11.7 Å². The predicted molar refractivity (Wildman–Crippen MR) is 70.1 cm³/mol. The molecule has 2 fully saturated rings. The molecule has 2 rings (SSSR count). The molecule has 0 aromatic heterocycles. The SMILES string of the molecule is COCC(CN)(C1CC1)N1CCN(C)CC1C. The second-order valence-corrected chi connectivity index (χ2v) is 5.82. The standard InChI is InChI=1S/C13H27N3O/c1-11-8-15(2)6-7-16(11)13(9-14,10-17-3)12-4-5-12/h11-12H,4-10,14H2,1-3H3. The molecule has 0 aromatic carbocycles. The first-order valence-electron chi connectivity index (χ1n) is 6.78. The maximum Gasteiger partial charge on any atom is 0.0661 e. The average Bonchev–Trinajstić information content (AvgIpc) is 3.11. The van der Waals surface area contributed by atoms with Gasteiger partial charge >= 0.3 is 0 Å². The summed E-state index contributed by atoms with van der Waals surface area (Å²) in [6.07, 6.45) is 2.64. The van der Waals surface area contributed by atoms with Crippen LogP contribution in [0.2, 0.25) is 0 Å². The fourth-order valence-electron chi connectivity index (χ4n) is 3.45. The van der Waals surface area contributed by atoms with Gasteiger partial charge in [-0.1, -0.05) is 0 Å². The minimum atomic E-state index is 0.0927. The summed E-state index contributed by atoms with van der Waals surface area (Å²) in [4.78, 5) is 5.02. The molecule has 1 aliphatic heterocycles. The van der Waals surface area contributed by atoms with Crippen LogP contribution in [-0.2, 0) is 4.74 Å². The van der Waals surface area contributed by atoms with E-state index >= 15 is 0 Å². The molecule has 17 heavy (non-hydrogen) atoms. The Bertz CT molecular complexity index is 257. The highest BCUT2D eigenvalue weighted by atomic mass is 16.5. The number of ether oxygens (including phenoxy) is 1. The lowest BCUT2D eigenvalue weighted by atomic mass is 9.89. The number of rotatable bonds is 5. The summed E-state index contributed by atoms with van der Waals surface area (Å²) in [6, 6.07) is 0.577. The van der Waals surface area contributed by atoms with Crippen molar-refractivity contribution < 1.29 is 4.74 Å². The van der Waals surface area contributed by atoms with E-state index in [0.717, 1.165) is 38.7 Å². The zero-order chi connectivity index (χ0) is 12.5. The Kier molecular flexibility index (Phi) is 4.08. The quantitative estimate of drug-likeness (QED) is 0.755. The molecule has 1 saturated carbocycles. The van der Waals surface area contributed by atoms with Crippen LogP contribution in [0.4, 0.5) is 0 Å². The van der Waals surface area contributed by atoms with Gasteiger partial charge in [0.15, 0.2) is 0 Å². The Labute approximate surface area is 105 Å². The van der Waals surface area contributed by atoms with Crippen LogP contribution < -0.4 is 5.73 Å². The van der Waals surface area contributed by atoms with Gasteiger partial charge in [0, 0.05) is 39.3 Å². The Morgan fingerprint density at radius 2 is 2.06 bits per heavy atom. The van der Waals surface area contributed by atoms with Gasteiger partial charge in [0.25, 0.3) is 0 Å². The summed E-state index contributed by atoms with van der Waals surface area (Å²) in [5.74, 6) is 0.748. The van der Waals surface area contributed by atoms with Crippen LogP contribution in [0.1, 0.15) is 19.8 Å².